The van der Waals surface area contributed by atoms with Gasteiger partial charge in [0.1, 0.15) is 0 Å². The molecule has 0 radical (unpaired) electrons. The van der Waals surface area contributed by atoms with E-state index < -0.39 is 0 Å². The molecule has 0 aromatic heterocycles. The predicted molar refractivity (Wildman–Crippen MR) is 55.9 cm³/mol. The molecule has 78 valence electrons. The van der Waals surface area contributed by atoms with Crippen LogP contribution in [0.2, 0.25) is 0 Å². The molecule has 1 aliphatic heterocycles. The van der Waals surface area contributed by atoms with Crippen LogP contribution in [0.1, 0.15) is 41.0 Å². The largest absolute Gasteiger partial charge is 0.366 e. The molecule has 2 nitrogen and oxygen atoms in total. The molecule has 0 saturated carbocycles. The molecular formula is C11H23NO. The van der Waals surface area contributed by atoms with Crippen LogP contribution in [0.4, 0.5) is 0 Å². The van der Waals surface area contributed by atoms with Gasteiger partial charge in [-0.15, -0.1) is 0 Å². The standard InChI is InChI=1S/C11H23NO/c1-6-11(9(2)3)8-12-7-10(4,5)13-11/h9,12H,6-8H2,1-5H3. The second-order valence-corrected chi connectivity index (χ2v) is 5.04. The van der Waals surface area contributed by atoms with E-state index in [0.717, 1.165) is 19.5 Å². The van der Waals surface area contributed by atoms with E-state index >= 15 is 0 Å². The van der Waals surface area contributed by atoms with Gasteiger partial charge in [-0.3, -0.25) is 0 Å². The fourth-order valence-electron chi connectivity index (χ4n) is 2.12. The van der Waals surface area contributed by atoms with Crippen LogP contribution in [-0.2, 0) is 4.74 Å². The van der Waals surface area contributed by atoms with Crippen molar-refractivity contribution in [2.24, 2.45) is 5.92 Å². The third-order valence-electron chi connectivity index (χ3n) is 3.11. The summed E-state index contributed by atoms with van der Waals surface area (Å²) >= 11 is 0. The maximum absolute atomic E-state index is 6.21. The number of hydrogen-bond donors (Lipinski definition) is 1. The molecule has 1 rings (SSSR count). The van der Waals surface area contributed by atoms with Gasteiger partial charge in [-0.25, -0.2) is 0 Å². The Kier molecular flexibility index (Phi) is 3.03. The van der Waals surface area contributed by atoms with Crippen LogP contribution in [0.15, 0.2) is 0 Å². The van der Waals surface area contributed by atoms with Crippen molar-refractivity contribution in [3.05, 3.63) is 0 Å². The van der Waals surface area contributed by atoms with Gasteiger partial charge in [0.05, 0.1) is 11.2 Å². The first kappa shape index (κ1) is 11.0. The van der Waals surface area contributed by atoms with Gasteiger partial charge in [0, 0.05) is 13.1 Å². The molecule has 0 spiro atoms. The summed E-state index contributed by atoms with van der Waals surface area (Å²) in [7, 11) is 0. The number of morpholine rings is 1. The molecule has 0 amide bonds. The van der Waals surface area contributed by atoms with Gasteiger partial charge in [0.25, 0.3) is 0 Å². The molecule has 1 unspecified atom stereocenters. The Hall–Kier alpha value is -0.0800. The fourth-order valence-corrected chi connectivity index (χ4v) is 2.12. The zero-order valence-corrected chi connectivity index (χ0v) is 9.61. The first-order valence-corrected chi connectivity index (χ1v) is 5.33. The molecule has 1 saturated heterocycles. The Morgan fingerprint density at radius 3 is 2.23 bits per heavy atom. The van der Waals surface area contributed by atoms with Crippen LogP contribution >= 0.6 is 0 Å². The average Bonchev–Trinajstić information content (AvgIpc) is 2.02. The summed E-state index contributed by atoms with van der Waals surface area (Å²) in [4.78, 5) is 0. The van der Waals surface area contributed by atoms with Crippen molar-refractivity contribution in [1.29, 1.82) is 0 Å². The number of rotatable bonds is 2. The molecule has 1 N–H and O–H groups in total. The van der Waals surface area contributed by atoms with Crippen LogP contribution in [0.3, 0.4) is 0 Å². The van der Waals surface area contributed by atoms with E-state index in [-0.39, 0.29) is 11.2 Å². The Labute approximate surface area is 82.0 Å². The molecule has 2 heteroatoms. The first-order chi connectivity index (χ1) is 5.92. The van der Waals surface area contributed by atoms with Gasteiger partial charge in [-0.1, -0.05) is 20.8 Å². The smallest absolute Gasteiger partial charge is 0.0834 e. The Bertz CT molecular complexity index is 177. The minimum Gasteiger partial charge on any atom is -0.366 e. The van der Waals surface area contributed by atoms with Crippen molar-refractivity contribution in [1.82, 2.24) is 5.32 Å². The molecule has 0 aromatic rings. The van der Waals surface area contributed by atoms with Crippen molar-refractivity contribution in [2.75, 3.05) is 13.1 Å². The van der Waals surface area contributed by atoms with Crippen molar-refractivity contribution in [3.8, 4) is 0 Å². The average molecular weight is 185 g/mol. The molecule has 1 aliphatic rings. The third kappa shape index (κ3) is 2.23. The van der Waals surface area contributed by atoms with Crippen LogP contribution < -0.4 is 5.32 Å². The lowest BCUT2D eigenvalue weighted by Crippen LogP contribution is -2.60. The van der Waals surface area contributed by atoms with E-state index in [1.807, 2.05) is 0 Å². The highest BCUT2D eigenvalue weighted by Crippen LogP contribution is 2.32. The van der Waals surface area contributed by atoms with Crippen molar-refractivity contribution in [2.45, 2.75) is 52.2 Å². The molecule has 0 aliphatic carbocycles. The quantitative estimate of drug-likeness (QED) is 0.712. The summed E-state index contributed by atoms with van der Waals surface area (Å²) in [5.74, 6) is 0.574. The van der Waals surface area contributed by atoms with Crippen LogP contribution in [0, 0.1) is 5.92 Å². The summed E-state index contributed by atoms with van der Waals surface area (Å²) in [5, 5.41) is 3.47. The second-order valence-electron chi connectivity index (χ2n) is 5.04. The Balaban J connectivity index is 2.76. The molecule has 1 fully saturated rings. The summed E-state index contributed by atoms with van der Waals surface area (Å²) in [6, 6.07) is 0. The molecule has 0 aromatic carbocycles. The van der Waals surface area contributed by atoms with E-state index in [1.165, 1.54) is 0 Å². The lowest BCUT2D eigenvalue weighted by Gasteiger charge is -2.48. The Morgan fingerprint density at radius 2 is 1.92 bits per heavy atom. The lowest BCUT2D eigenvalue weighted by molar-refractivity contribution is -0.183. The zero-order chi connectivity index (χ0) is 10.1. The first-order valence-electron chi connectivity index (χ1n) is 5.33. The van der Waals surface area contributed by atoms with Crippen molar-refractivity contribution in [3.63, 3.8) is 0 Å². The van der Waals surface area contributed by atoms with Gasteiger partial charge in [-0.2, -0.15) is 0 Å². The topological polar surface area (TPSA) is 21.3 Å². The molecular weight excluding hydrogens is 162 g/mol. The van der Waals surface area contributed by atoms with E-state index in [4.69, 9.17) is 4.74 Å². The monoisotopic (exact) mass is 185 g/mol. The van der Waals surface area contributed by atoms with E-state index in [9.17, 15) is 0 Å². The van der Waals surface area contributed by atoms with Crippen molar-refractivity contribution >= 4 is 0 Å². The lowest BCUT2D eigenvalue weighted by atomic mass is 9.84. The highest BCUT2D eigenvalue weighted by molar-refractivity contribution is 4.93. The van der Waals surface area contributed by atoms with Crippen LogP contribution in [0.25, 0.3) is 0 Å². The summed E-state index contributed by atoms with van der Waals surface area (Å²) in [5.41, 5.74) is 0.0281. The molecule has 1 atom stereocenters. The van der Waals surface area contributed by atoms with Gasteiger partial charge in [0.2, 0.25) is 0 Å². The van der Waals surface area contributed by atoms with E-state index in [1.54, 1.807) is 0 Å². The molecule has 13 heavy (non-hydrogen) atoms. The minimum absolute atomic E-state index is 0.0153. The normalized spacial score (nSPS) is 33.7. The number of hydrogen-bond acceptors (Lipinski definition) is 2. The van der Waals surface area contributed by atoms with Gasteiger partial charge >= 0.3 is 0 Å². The van der Waals surface area contributed by atoms with E-state index in [2.05, 4.69) is 39.9 Å². The maximum atomic E-state index is 6.21. The van der Waals surface area contributed by atoms with Crippen LogP contribution in [0.5, 0.6) is 0 Å². The molecule has 0 bridgehead atoms. The molecule has 1 heterocycles. The van der Waals surface area contributed by atoms with Gasteiger partial charge in [-0.05, 0) is 26.2 Å². The van der Waals surface area contributed by atoms with Gasteiger partial charge < -0.3 is 10.1 Å². The fraction of sp³-hybridized carbons (Fsp3) is 1.00. The number of nitrogens with one attached hydrogen (secondary N) is 1. The minimum atomic E-state index is -0.0153. The van der Waals surface area contributed by atoms with E-state index in [0.29, 0.717) is 5.92 Å². The summed E-state index contributed by atoms with van der Waals surface area (Å²) in [6.45, 7) is 13.0. The third-order valence-corrected chi connectivity index (χ3v) is 3.11. The summed E-state index contributed by atoms with van der Waals surface area (Å²) < 4.78 is 6.21. The highest BCUT2D eigenvalue weighted by Gasteiger charge is 2.41. The SMILES string of the molecule is CCC1(C(C)C)CNCC(C)(C)O1. The maximum Gasteiger partial charge on any atom is 0.0834 e. The van der Waals surface area contributed by atoms with Gasteiger partial charge in [0.15, 0.2) is 0 Å². The number of ether oxygens (including phenoxy) is 1. The highest BCUT2D eigenvalue weighted by atomic mass is 16.5. The summed E-state index contributed by atoms with van der Waals surface area (Å²) in [6.07, 6.45) is 1.08. The Morgan fingerprint density at radius 1 is 1.31 bits per heavy atom. The predicted octanol–water partition coefficient (Wildman–Crippen LogP) is 2.19. The zero-order valence-electron chi connectivity index (χ0n) is 9.61. The van der Waals surface area contributed by atoms with Crippen molar-refractivity contribution < 1.29 is 4.74 Å². The second kappa shape index (κ2) is 3.58. The van der Waals surface area contributed by atoms with Crippen LogP contribution in [-0.4, -0.2) is 24.3 Å².